The molecule has 4 N–H and O–H groups in total. The molecule has 0 aromatic carbocycles. The lowest BCUT2D eigenvalue weighted by molar-refractivity contribution is -0.287. The van der Waals surface area contributed by atoms with Gasteiger partial charge in [-0.3, -0.25) is 4.79 Å². The number of carbonyl (C=O) groups is 1. The minimum Gasteiger partial charge on any atom is -0.463 e. The van der Waals surface area contributed by atoms with Crippen LogP contribution in [0.25, 0.3) is 0 Å². The Kier molecular flexibility index (Phi) is 15.9. The van der Waals surface area contributed by atoms with Gasteiger partial charge in [0.1, 0.15) is 31.0 Å². The summed E-state index contributed by atoms with van der Waals surface area (Å²) in [5.74, 6) is -0.400. The molecule has 1 aliphatic heterocycles. The van der Waals surface area contributed by atoms with Crippen LogP contribution in [-0.2, 0) is 14.3 Å². The molecule has 1 saturated heterocycles. The lowest BCUT2D eigenvalue weighted by Crippen LogP contribution is -2.58. The number of aliphatic hydroxyl groups is 4. The summed E-state index contributed by atoms with van der Waals surface area (Å²) >= 11 is 0. The summed E-state index contributed by atoms with van der Waals surface area (Å²) in [7, 11) is 0. The van der Waals surface area contributed by atoms with E-state index in [9.17, 15) is 25.2 Å². The molecule has 0 aromatic heterocycles. The SMILES string of the molecule is CCCCCCCC/C=C\CCCCCCCC(=O)OC[C@H]1O[C@H](O)[C@H](O)[C@@H](O)[C@@H]1O. The number of ether oxygens (including phenoxy) is 2. The molecule has 0 unspecified atom stereocenters. The number of hydrogen-bond donors (Lipinski definition) is 4. The molecule has 0 radical (unpaired) electrons. The van der Waals surface area contributed by atoms with Crippen molar-refractivity contribution in [3.05, 3.63) is 12.2 Å². The average Bonchev–Trinajstić information content (AvgIpc) is 2.76. The van der Waals surface area contributed by atoms with Crippen molar-refractivity contribution in [2.45, 2.75) is 128 Å². The van der Waals surface area contributed by atoms with Gasteiger partial charge in [0.15, 0.2) is 6.29 Å². The maximum Gasteiger partial charge on any atom is 0.305 e. The summed E-state index contributed by atoms with van der Waals surface area (Å²) in [6.45, 7) is 1.97. The zero-order chi connectivity index (χ0) is 22.9. The van der Waals surface area contributed by atoms with Crippen molar-refractivity contribution in [3.63, 3.8) is 0 Å². The Morgan fingerprint density at radius 3 is 1.94 bits per heavy atom. The van der Waals surface area contributed by atoms with E-state index in [1.54, 1.807) is 0 Å². The van der Waals surface area contributed by atoms with E-state index in [0.717, 1.165) is 32.1 Å². The highest BCUT2D eigenvalue weighted by Gasteiger charge is 2.43. The van der Waals surface area contributed by atoms with Crippen molar-refractivity contribution in [3.8, 4) is 0 Å². The van der Waals surface area contributed by atoms with Gasteiger partial charge in [-0.15, -0.1) is 0 Å². The Bertz CT molecular complexity index is 483. The third kappa shape index (κ3) is 12.6. The van der Waals surface area contributed by atoms with Crippen LogP contribution in [0.5, 0.6) is 0 Å². The fourth-order valence-corrected chi connectivity index (χ4v) is 3.66. The third-order valence-electron chi connectivity index (χ3n) is 5.74. The number of hydrogen-bond acceptors (Lipinski definition) is 7. The standard InChI is InChI=1S/C24H44O7/c1-2-3-4-5-6-7-8-9-10-11-12-13-14-15-16-17-20(25)30-18-19-21(26)22(27)23(28)24(29)31-19/h9-10,19,21-24,26-29H,2-8,11-18H2,1H3/b10-9-/t19-,21-,22+,23-,24+/m1/s1. The van der Waals surface area contributed by atoms with Gasteiger partial charge in [-0.05, 0) is 32.1 Å². The highest BCUT2D eigenvalue weighted by atomic mass is 16.6. The molecule has 0 bridgehead atoms. The normalized spacial score (nSPS) is 26.4. The number of esters is 1. The van der Waals surface area contributed by atoms with Gasteiger partial charge in [0.2, 0.25) is 0 Å². The Labute approximate surface area is 187 Å². The second kappa shape index (κ2) is 17.6. The largest absolute Gasteiger partial charge is 0.463 e. The number of allylic oxidation sites excluding steroid dienone is 2. The van der Waals surface area contributed by atoms with Crippen LogP contribution in [-0.4, -0.2) is 63.7 Å². The quantitative estimate of drug-likeness (QED) is 0.154. The number of rotatable bonds is 17. The molecule has 0 saturated carbocycles. The highest BCUT2D eigenvalue weighted by molar-refractivity contribution is 5.69. The first-order chi connectivity index (χ1) is 15.0. The monoisotopic (exact) mass is 444 g/mol. The summed E-state index contributed by atoms with van der Waals surface area (Å²) in [4.78, 5) is 11.8. The Balaban J connectivity index is 1.93. The van der Waals surface area contributed by atoms with Crippen LogP contribution in [0.4, 0.5) is 0 Å². The molecule has 7 heteroatoms. The lowest BCUT2D eigenvalue weighted by atomic mass is 9.99. The van der Waals surface area contributed by atoms with Crippen LogP contribution in [0.15, 0.2) is 12.2 Å². The molecule has 0 aromatic rings. The molecule has 0 aliphatic carbocycles. The maximum absolute atomic E-state index is 11.8. The summed E-state index contributed by atoms with van der Waals surface area (Å²) in [5, 5.41) is 38.3. The van der Waals surface area contributed by atoms with E-state index >= 15 is 0 Å². The van der Waals surface area contributed by atoms with Gasteiger partial charge in [-0.2, -0.15) is 0 Å². The summed E-state index contributed by atoms with van der Waals surface area (Å²) in [5.41, 5.74) is 0. The van der Waals surface area contributed by atoms with Crippen LogP contribution in [0.1, 0.15) is 96.8 Å². The van der Waals surface area contributed by atoms with E-state index in [-0.39, 0.29) is 13.0 Å². The minimum absolute atomic E-state index is 0.272. The van der Waals surface area contributed by atoms with Crippen molar-refractivity contribution >= 4 is 5.97 Å². The summed E-state index contributed by atoms with van der Waals surface area (Å²) < 4.78 is 10.0. The van der Waals surface area contributed by atoms with E-state index in [4.69, 9.17) is 9.47 Å². The van der Waals surface area contributed by atoms with Gasteiger partial charge in [0, 0.05) is 6.42 Å². The smallest absolute Gasteiger partial charge is 0.305 e. The van der Waals surface area contributed by atoms with E-state index < -0.39 is 36.7 Å². The zero-order valence-electron chi connectivity index (χ0n) is 19.2. The van der Waals surface area contributed by atoms with Gasteiger partial charge in [-0.25, -0.2) is 0 Å². The van der Waals surface area contributed by atoms with E-state index in [1.165, 1.54) is 51.4 Å². The van der Waals surface area contributed by atoms with Crippen molar-refractivity contribution < 1.29 is 34.7 Å². The van der Waals surface area contributed by atoms with Crippen LogP contribution in [0.2, 0.25) is 0 Å². The molecular weight excluding hydrogens is 400 g/mol. The Hall–Kier alpha value is -0.990. The van der Waals surface area contributed by atoms with Crippen LogP contribution < -0.4 is 0 Å². The van der Waals surface area contributed by atoms with Gasteiger partial charge in [-0.1, -0.05) is 70.4 Å². The molecule has 1 aliphatic rings. The second-order valence-corrected chi connectivity index (χ2v) is 8.55. The first-order valence-electron chi connectivity index (χ1n) is 12.2. The predicted molar refractivity (Wildman–Crippen MR) is 119 cm³/mol. The van der Waals surface area contributed by atoms with Gasteiger partial charge in [0.05, 0.1) is 0 Å². The topological polar surface area (TPSA) is 116 Å². The molecule has 5 atom stereocenters. The molecule has 1 fully saturated rings. The predicted octanol–water partition coefficient (Wildman–Crippen LogP) is 3.37. The van der Waals surface area contributed by atoms with Gasteiger partial charge in [0.25, 0.3) is 0 Å². The van der Waals surface area contributed by atoms with E-state index in [2.05, 4.69) is 19.1 Å². The lowest BCUT2D eigenvalue weighted by Gasteiger charge is -2.37. The number of carbonyl (C=O) groups excluding carboxylic acids is 1. The Morgan fingerprint density at radius 2 is 1.32 bits per heavy atom. The minimum atomic E-state index is -1.62. The van der Waals surface area contributed by atoms with Crippen molar-refractivity contribution in [2.75, 3.05) is 6.61 Å². The van der Waals surface area contributed by atoms with Gasteiger partial charge < -0.3 is 29.9 Å². The van der Waals surface area contributed by atoms with Crippen LogP contribution >= 0.6 is 0 Å². The summed E-state index contributed by atoms with van der Waals surface area (Å²) in [6.07, 6.45) is 13.1. The van der Waals surface area contributed by atoms with E-state index in [1.807, 2.05) is 0 Å². The molecule has 182 valence electrons. The van der Waals surface area contributed by atoms with Crippen molar-refractivity contribution in [1.82, 2.24) is 0 Å². The van der Waals surface area contributed by atoms with Crippen LogP contribution in [0.3, 0.4) is 0 Å². The molecular formula is C24H44O7. The van der Waals surface area contributed by atoms with Gasteiger partial charge >= 0.3 is 5.97 Å². The zero-order valence-corrected chi connectivity index (χ0v) is 19.2. The third-order valence-corrected chi connectivity index (χ3v) is 5.74. The molecule has 31 heavy (non-hydrogen) atoms. The molecule has 0 amide bonds. The maximum atomic E-state index is 11.8. The number of aliphatic hydroxyl groups excluding tert-OH is 4. The number of unbranched alkanes of at least 4 members (excludes halogenated alkanes) is 11. The highest BCUT2D eigenvalue weighted by Crippen LogP contribution is 2.20. The molecule has 7 nitrogen and oxygen atoms in total. The van der Waals surface area contributed by atoms with Crippen molar-refractivity contribution in [1.29, 1.82) is 0 Å². The Morgan fingerprint density at radius 1 is 0.774 bits per heavy atom. The molecule has 1 heterocycles. The van der Waals surface area contributed by atoms with Crippen LogP contribution in [0, 0.1) is 0 Å². The average molecular weight is 445 g/mol. The first-order valence-corrected chi connectivity index (χ1v) is 12.2. The fourth-order valence-electron chi connectivity index (χ4n) is 3.66. The molecule has 0 spiro atoms. The van der Waals surface area contributed by atoms with Crippen molar-refractivity contribution in [2.24, 2.45) is 0 Å². The van der Waals surface area contributed by atoms with E-state index in [0.29, 0.717) is 0 Å². The molecule has 1 rings (SSSR count). The summed E-state index contributed by atoms with van der Waals surface area (Å²) in [6, 6.07) is 0. The first kappa shape index (κ1) is 28.0. The second-order valence-electron chi connectivity index (χ2n) is 8.55. The fraction of sp³-hybridized carbons (Fsp3) is 0.875.